The van der Waals surface area contributed by atoms with Gasteiger partial charge in [-0.1, -0.05) is 133 Å². The minimum absolute atomic E-state index is 0.708. The molecule has 2 heterocycles. The predicted molar refractivity (Wildman–Crippen MR) is 217 cm³/mol. The van der Waals surface area contributed by atoms with Crippen LogP contribution in [-0.4, -0.2) is 9.97 Å². The number of hydrogen-bond acceptors (Lipinski definition) is 3. The Morgan fingerprint density at radius 2 is 0.941 bits per heavy atom. The van der Waals surface area contributed by atoms with Gasteiger partial charge < -0.3 is 0 Å². The van der Waals surface area contributed by atoms with Gasteiger partial charge in [0, 0.05) is 36.9 Å². The zero-order valence-electron chi connectivity index (χ0n) is 27.6. The summed E-state index contributed by atoms with van der Waals surface area (Å²) in [6.45, 7) is 0. The molecular weight excluding hydrogens is 637 g/mol. The van der Waals surface area contributed by atoms with Gasteiger partial charge in [-0.2, -0.15) is 0 Å². The fourth-order valence-electron chi connectivity index (χ4n) is 7.28. The van der Waals surface area contributed by atoms with Crippen LogP contribution in [0.4, 0.5) is 0 Å². The number of hydrogen-bond donors (Lipinski definition) is 0. The zero-order chi connectivity index (χ0) is 33.7. The van der Waals surface area contributed by atoms with Gasteiger partial charge in [-0.25, -0.2) is 9.97 Å². The molecular formula is C48H30N2S. The van der Waals surface area contributed by atoms with Gasteiger partial charge in [0.05, 0.1) is 11.4 Å². The summed E-state index contributed by atoms with van der Waals surface area (Å²) in [5, 5.41) is 7.40. The fourth-order valence-corrected chi connectivity index (χ4v) is 8.37. The average molecular weight is 667 g/mol. The van der Waals surface area contributed by atoms with E-state index >= 15 is 0 Å². The summed E-state index contributed by atoms with van der Waals surface area (Å²) >= 11 is 1.85. The number of nitrogens with zero attached hydrogens (tertiary/aromatic N) is 2. The molecule has 10 rings (SSSR count). The summed E-state index contributed by atoms with van der Waals surface area (Å²) in [5.41, 5.74) is 9.57. The first kappa shape index (κ1) is 29.5. The van der Waals surface area contributed by atoms with E-state index in [2.05, 4.69) is 164 Å². The van der Waals surface area contributed by atoms with Crippen molar-refractivity contribution in [3.8, 4) is 56.2 Å². The van der Waals surface area contributed by atoms with Crippen molar-refractivity contribution in [2.45, 2.75) is 0 Å². The summed E-state index contributed by atoms with van der Waals surface area (Å²) in [4.78, 5) is 10.5. The first-order chi connectivity index (χ1) is 25.2. The maximum Gasteiger partial charge on any atom is 0.160 e. The summed E-state index contributed by atoms with van der Waals surface area (Å²) in [6, 6.07) is 65.2. The van der Waals surface area contributed by atoms with Crippen molar-refractivity contribution in [2.24, 2.45) is 0 Å². The van der Waals surface area contributed by atoms with E-state index in [4.69, 9.17) is 9.97 Å². The predicted octanol–water partition coefficient (Wildman–Crippen LogP) is 13.5. The molecule has 0 saturated heterocycles. The third-order valence-corrected chi connectivity index (χ3v) is 11.0. The second-order valence-corrected chi connectivity index (χ2v) is 14.1. The molecule has 0 aliphatic rings. The normalized spacial score (nSPS) is 11.5. The summed E-state index contributed by atoms with van der Waals surface area (Å²) in [5.74, 6) is 0.708. The molecule has 51 heavy (non-hydrogen) atoms. The third-order valence-electron chi connectivity index (χ3n) is 9.85. The molecule has 0 saturated carbocycles. The standard InChI is InChI=1S/C48H30N2S/c1-2-13-33(14-3-1)48-49-44(30-45(50-48)41-19-10-16-32-12-6-7-17-40(32)41)39-27-37(35-22-21-31-11-4-5-15-34(31)25-35)26-38(28-39)36-23-24-47-43(29-36)42-18-8-9-20-46(42)51-47/h1-30H. The Balaban J connectivity index is 1.22. The van der Waals surface area contributed by atoms with Crippen LogP contribution in [0.25, 0.3) is 97.9 Å². The van der Waals surface area contributed by atoms with E-state index in [1.165, 1.54) is 52.8 Å². The van der Waals surface area contributed by atoms with Crippen LogP contribution in [0, 0.1) is 0 Å². The van der Waals surface area contributed by atoms with Gasteiger partial charge in [-0.3, -0.25) is 0 Å². The molecule has 0 aliphatic heterocycles. The molecule has 0 spiro atoms. The molecule has 0 fully saturated rings. The highest BCUT2D eigenvalue weighted by Gasteiger charge is 2.16. The molecule has 3 heteroatoms. The molecule has 0 bridgehead atoms. The number of aromatic nitrogens is 2. The van der Waals surface area contributed by atoms with E-state index in [1.54, 1.807) is 0 Å². The highest BCUT2D eigenvalue weighted by molar-refractivity contribution is 7.25. The molecule has 0 atom stereocenters. The average Bonchev–Trinajstić information content (AvgIpc) is 3.58. The van der Waals surface area contributed by atoms with Crippen molar-refractivity contribution in [1.29, 1.82) is 0 Å². The lowest BCUT2D eigenvalue weighted by atomic mass is 9.93. The van der Waals surface area contributed by atoms with Crippen molar-refractivity contribution in [3.05, 3.63) is 182 Å². The van der Waals surface area contributed by atoms with Gasteiger partial charge in [-0.05, 0) is 92.3 Å². The van der Waals surface area contributed by atoms with E-state index in [0.29, 0.717) is 5.82 Å². The zero-order valence-corrected chi connectivity index (χ0v) is 28.4. The number of benzene rings is 8. The molecule has 10 aromatic rings. The minimum Gasteiger partial charge on any atom is -0.228 e. The summed E-state index contributed by atoms with van der Waals surface area (Å²) < 4.78 is 2.61. The topological polar surface area (TPSA) is 25.8 Å². The van der Waals surface area contributed by atoms with Crippen molar-refractivity contribution in [3.63, 3.8) is 0 Å². The maximum atomic E-state index is 5.27. The quantitative estimate of drug-likeness (QED) is 0.183. The molecule has 2 aromatic heterocycles. The van der Waals surface area contributed by atoms with E-state index in [0.717, 1.165) is 39.2 Å². The SMILES string of the molecule is c1ccc(-c2nc(-c3cc(-c4ccc5ccccc5c4)cc(-c4ccc5sc6ccccc6c5c4)c3)cc(-c3cccc4ccccc34)n2)cc1. The van der Waals surface area contributed by atoms with Gasteiger partial charge in [0.15, 0.2) is 5.82 Å². The van der Waals surface area contributed by atoms with Crippen LogP contribution in [-0.2, 0) is 0 Å². The van der Waals surface area contributed by atoms with Crippen LogP contribution in [0.15, 0.2) is 182 Å². The first-order valence-corrected chi connectivity index (χ1v) is 18.0. The third kappa shape index (κ3) is 5.36. The molecule has 0 unspecified atom stereocenters. The highest BCUT2D eigenvalue weighted by Crippen LogP contribution is 2.40. The Hall–Kier alpha value is -6.42. The number of thiophene rings is 1. The van der Waals surface area contributed by atoms with E-state index in [-0.39, 0.29) is 0 Å². The Morgan fingerprint density at radius 3 is 1.80 bits per heavy atom. The van der Waals surface area contributed by atoms with Gasteiger partial charge in [0.2, 0.25) is 0 Å². The lowest BCUT2D eigenvalue weighted by molar-refractivity contribution is 1.18. The lowest BCUT2D eigenvalue weighted by Crippen LogP contribution is -1.97. The summed E-state index contributed by atoms with van der Waals surface area (Å²) in [7, 11) is 0. The maximum absolute atomic E-state index is 5.27. The van der Waals surface area contributed by atoms with Crippen molar-refractivity contribution >= 4 is 53.1 Å². The Bertz CT molecular complexity index is 2920. The fraction of sp³-hybridized carbons (Fsp3) is 0. The van der Waals surface area contributed by atoms with E-state index in [9.17, 15) is 0 Å². The van der Waals surface area contributed by atoms with Crippen LogP contribution >= 0.6 is 11.3 Å². The molecule has 238 valence electrons. The largest absolute Gasteiger partial charge is 0.228 e. The molecule has 0 radical (unpaired) electrons. The summed E-state index contributed by atoms with van der Waals surface area (Å²) in [6.07, 6.45) is 0. The molecule has 8 aromatic carbocycles. The van der Waals surface area contributed by atoms with Crippen LogP contribution in [0.5, 0.6) is 0 Å². The molecule has 0 N–H and O–H groups in total. The van der Waals surface area contributed by atoms with Crippen LogP contribution < -0.4 is 0 Å². The number of rotatable bonds is 5. The van der Waals surface area contributed by atoms with Gasteiger partial charge >= 0.3 is 0 Å². The Kier molecular flexibility index (Phi) is 7.04. The van der Waals surface area contributed by atoms with Gasteiger partial charge in [0.1, 0.15) is 0 Å². The lowest BCUT2D eigenvalue weighted by Gasteiger charge is -2.14. The monoisotopic (exact) mass is 666 g/mol. The van der Waals surface area contributed by atoms with E-state index < -0.39 is 0 Å². The van der Waals surface area contributed by atoms with Crippen LogP contribution in [0.1, 0.15) is 0 Å². The smallest absolute Gasteiger partial charge is 0.160 e. The highest BCUT2D eigenvalue weighted by atomic mass is 32.1. The van der Waals surface area contributed by atoms with Crippen molar-refractivity contribution < 1.29 is 0 Å². The van der Waals surface area contributed by atoms with Gasteiger partial charge in [0.25, 0.3) is 0 Å². The molecule has 0 aliphatic carbocycles. The second-order valence-electron chi connectivity index (χ2n) is 13.0. The molecule has 0 amide bonds. The molecule has 2 nitrogen and oxygen atoms in total. The number of fused-ring (bicyclic) bond motifs is 5. The first-order valence-electron chi connectivity index (χ1n) is 17.2. The Labute approximate surface area is 300 Å². The second kappa shape index (κ2) is 12.2. The van der Waals surface area contributed by atoms with Crippen molar-refractivity contribution in [1.82, 2.24) is 9.97 Å². The Morgan fingerprint density at radius 1 is 0.314 bits per heavy atom. The van der Waals surface area contributed by atoms with Crippen LogP contribution in [0.3, 0.4) is 0 Å². The van der Waals surface area contributed by atoms with Crippen molar-refractivity contribution in [2.75, 3.05) is 0 Å². The van der Waals surface area contributed by atoms with E-state index in [1.807, 2.05) is 29.5 Å². The van der Waals surface area contributed by atoms with Crippen LogP contribution in [0.2, 0.25) is 0 Å². The van der Waals surface area contributed by atoms with Gasteiger partial charge in [-0.15, -0.1) is 11.3 Å². The minimum atomic E-state index is 0.708.